The Balaban J connectivity index is 2.65. The molecule has 0 spiro atoms. The summed E-state index contributed by atoms with van der Waals surface area (Å²) in [5, 5.41) is 20.7. The van der Waals surface area contributed by atoms with Crippen molar-refractivity contribution in [2.75, 3.05) is 6.61 Å². The summed E-state index contributed by atoms with van der Waals surface area (Å²) < 4.78 is 1.85. The van der Waals surface area contributed by atoms with E-state index >= 15 is 0 Å². The van der Waals surface area contributed by atoms with Crippen LogP contribution in [-0.4, -0.2) is 16.8 Å². The van der Waals surface area contributed by atoms with Crippen LogP contribution in [0.2, 0.25) is 0 Å². The highest BCUT2D eigenvalue weighted by atomic mass is 79.9. The van der Waals surface area contributed by atoms with Gasteiger partial charge in [-0.1, -0.05) is 34.1 Å². The van der Waals surface area contributed by atoms with E-state index in [-0.39, 0.29) is 6.61 Å². The Bertz CT molecular complexity index is 526. The number of hydrogen-bond donors (Lipinski definition) is 2. The molecule has 16 heavy (non-hydrogen) atoms. The molecule has 0 saturated heterocycles. The molecule has 2 nitrogen and oxygen atoms in total. The van der Waals surface area contributed by atoms with Crippen LogP contribution >= 0.6 is 31.9 Å². The molecule has 2 rings (SSSR count). The lowest BCUT2D eigenvalue weighted by molar-refractivity contribution is 0.0952. The van der Waals surface area contributed by atoms with Crippen LogP contribution in [0, 0.1) is 0 Å². The number of aliphatic hydroxyl groups is 2. The topological polar surface area (TPSA) is 40.5 Å². The summed E-state index contributed by atoms with van der Waals surface area (Å²) in [4.78, 5) is 0. The molecule has 0 aliphatic heterocycles. The van der Waals surface area contributed by atoms with Gasteiger partial charge in [0.1, 0.15) is 6.10 Å². The number of benzene rings is 2. The highest BCUT2D eigenvalue weighted by Crippen LogP contribution is 2.32. The monoisotopic (exact) mass is 344 g/mol. The standard InChI is InChI=1S/C12H10Br2O2/c13-8-2-4-9-7(5-8)1-3-10(12(9)14)11(16)6-15/h1-5,11,15-16H,6H2. The molecule has 0 bridgehead atoms. The molecular weight excluding hydrogens is 336 g/mol. The summed E-state index contributed by atoms with van der Waals surface area (Å²) in [7, 11) is 0. The van der Waals surface area contributed by atoms with Gasteiger partial charge in [0.15, 0.2) is 0 Å². The smallest absolute Gasteiger partial charge is 0.103 e. The van der Waals surface area contributed by atoms with Crippen molar-refractivity contribution in [1.29, 1.82) is 0 Å². The summed E-state index contributed by atoms with van der Waals surface area (Å²) in [6, 6.07) is 9.67. The van der Waals surface area contributed by atoms with Crippen molar-refractivity contribution >= 4 is 42.6 Å². The lowest BCUT2D eigenvalue weighted by atomic mass is 10.0. The van der Waals surface area contributed by atoms with Crippen molar-refractivity contribution in [2.45, 2.75) is 6.10 Å². The third-order valence-electron chi connectivity index (χ3n) is 2.48. The summed E-state index contributed by atoms with van der Waals surface area (Å²) in [5.41, 5.74) is 0.706. The Kier molecular flexibility index (Phi) is 3.64. The van der Waals surface area contributed by atoms with Gasteiger partial charge in [0.05, 0.1) is 6.61 Å². The van der Waals surface area contributed by atoms with Crippen LogP contribution in [0.1, 0.15) is 11.7 Å². The zero-order chi connectivity index (χ0) is 11.7. The van der Waals surface area contributed by atoms with Gasteiger partial charge in [-0.15, -0.1) is 0 Å². The summed E-state index contributed by atoms with van der Waals surface area (Å²) in [5.74, 6) is 0. The maximum atomic E-state index is 9.63. The van der Waals surface area contributed by atoms with Gasteiger partial charge in [-0.2, -0.15) is 0 Å². The highest BCUT2D eigenvalue weighted by molar-refractivity contribution is 9.11. The molecule has 4 heteroatoms. The quantitative estimate of drug-likeness (QED) is 0.875. The van der Waals surface area contributed by atoms with Crippen LogP contribution in [0.5, 0.6) is 0 Å². The maximum Gasteiger partial charge on any atom is 0.103 e. The van der Waals surface area contributed by atoms with Crippen molar-refractivity contribution in [2.24, 2.45) is 0 Å². The van der Waals surface area contributed by atoms with E-state index < -0.39 is 6.10 Å². The number of hydrogen-bond acceptors (Lipinski definition) is 2. The Morgan fingerprint density at radius 2 is 1.88 bits per heavy atom. The van der Waals surface area contributed by atoms with Crippen LogP contribution in [0.4, 0.5) is 0 Å². The van der Waals surface area contributed by atoms with E-state index in [2.05, 4.69) is 31.9 Å². The Hall–Kier alpha value is -0.420. The van der Waals surface area contributed by atoms with E-state index in [1.165, 1.54) is 0 Å². The molecule has 1 atom stereocenters. The molecule has 0 aromatic heterocycles. The van der Waals surface area contributed by atoms with E-state index in [4.69, 9.17) is 5.11 Å². The van der Waals surface area contributed by atoms with Gasteiger partial charge in [-0.25, -0.2) is 0 Å². The van der Waals surface area contributed by atoms with Crippen molar-refractivity contribution < 1.29 is 10.2 Å². The minimum Gasteiger partial charge on any atom is -0.393 e. The molecule has 0 aliphatic carbocycles. The number of aliphatic hydroxyl groups excluding tert-OH is 2. The lowest BCUT2D eigenvalue weighted by Gasteiger charge is -2.12. The molecule has 0 heterocycles. The van der Waals surface area contributed by atoms with E-state index in [0.717, 1.165) is 19.7 Å². The second-order valence-electron chi connectivity index (χ2n) is 3.53. The van der Waals surface area contributed by atoms with Crippen LogP contribution in [-0.2, 0) is 0 Å². The van der Waals surface area contributed by atoms with Crippen LogP contribution in [0.15, 0.2) is 39.3 Å². The van der Waals surface area contributed by atoms with Gasteiger partial charge >= 0.3 is 0 Å². The molecule has 0 aliphatic rings. The molecule has 2 N–H and O–H groups in total. The Morgan fingerprint density at radius 3 is 2.56 bits per heavy atom. The van der Waals surface area contributed by atoms with Crippen LogP contribution in [0.25, 0.3) is 10.8 Å². The van der Waals surface area contributed by atoms with Crippen LogP contribution in [0.3, 0.4) is 0 Å². The van der Waals surface area contributed by atoms with Crippen molar-refractivity contribution in [3.8, 4) is 0 Å². The lowest BCUT2D eigenvalue weighted by Crippen LogP contribution is -2.03. The minimum absolute atomic E-state index is 0.277. The number of fused-ring (bicyclic) bond motifs is 1. The summed E-state index contributed by atoms with van der Waals surface area (Å²) in [6.45, 7) is -0.277. The second-order valence-corrected chi connectivity index (χ2v) is 5.24. The highest BCUT2D eigenvalue weighted by Gasteiger charge is 2.12. The van der Waals surface area contributed by atoms with Gasteiger partial charge in [0, 0.05) is 8.95 Å². The third kappa shape index (κ3) is 2.15. The van der Waals surface area contributed by atoms with Crippen molar-refractivity contribution in [1.82, 2.24) is 0 Å². The summed E-state index contributed by atoms with van der Waals surface area (Å²) in [6.07, 6.45) is -0.845. The van der Waals surface area contributed by atoms with E-state index in [1.807, 2.05) is 30.3 Å². The van der Waals surface area contributed by atoms with E-state index in [1.54, 1.807) is 0 Å². The molecular formula is C12H10Br2O2. The number of rotatable bonds is 2. The fourth-order valence-electron chi connectivity index (χ4n) is 1.64. The fraction of sp³-hybridized carbons (Fsp3) is 0.167. The Labute approximate surface area is 110 Å². The largest absolute Gasteiger partial charge is 0.393 e. The molecule has 1 unspecified atom stereocenters. The number of halogens is 2. The molecule has 84 valence electrons. The molecule has 0 amide bonds. The molecule has 0 saturated carbocycles. The maximum absolute atomic E-state index is 9.63. The average molecular weight is 346 g/mol. The SMILES string of the molecule is OCC(O)c1ccc2cc(Br)ccc2c1Br. The van der Waals surface area contributed by atoms with Gasteiger partial charge in [-0.3, -0.25) is 0 Å². The van der Waals surface area contributed by atoms with Gasteiger partial charge < -0.3 is 10.2 Å². The van der Waals surface area contributed by atoms with Gasteiger partial charge in [0.2, 0.25) is 0 Å². The summed E-state index contributed by atoms with van der Waals surface area (Å²) >= 11 is 6.87. The second kappa shape index (κ2) is 4.84. The van der Waals surface area contributed by atoms with E-state index in [0.29, 0.717) is 5.56 Å². The van der Waals surface area contributed by atoms with E-state index in [9.17, 15) is 5.11 Å². The van der Waals surface area contributed by atoms with Crippen molar-refractivity contribution in [3.63, 3.8) is 0 Å². The van der Waals surface area contributed by atoms with Gasteiger partial charge in [0.25, 0.3) is 0 Å². The van der Waals surface area contributed by atoms with Gasteiger partial charge in [-0.05, 0) is 44.4 Å². The zero-order valence-corrected chi connectivity index (χ0v) is 11.5. The minimum atomic E-state index is -0.845. The van der Waals surface area contributed by atoms with Crippen LogP contribution < -0.4 is 0 Å². The molecule has 2 aromatic carbocycles. The third-order valence-corrected chi connectivity index (χ3v) is 3.86. The predicted molar refractivity (Wildman–Crippen MR) is 71.4 cm³/mol. The molecule has 2 aromatic rings. The molecule has 0 fully saturated rings. The zero-order valence-electron chi connectivity index (χ0n) is 8.32. The normalized spacial score (nSPS) is 13.0. The fourth-order valence-corrected chi connectivity index (χ4v) is 2.77. The first-order valence-electron chi connectivity index (χ1n) is 4.80. The average Bonchev–Trinajstić information content (AvgIpc) is 2.28. The first kappa shape index (κ1) is 12.0. The Morgan fingerprint density at radius 1 is 1.12 bits per heavy atom. The predicted octanol–water partition coefficient (Wildman–Crippen LogP) is 3.39. The molecule has 0 radical (unpaired) electrons. The first-order chi connectivity index (χ1) is 7.63. The first-order valence-corrected chi connectivity index (χ1v) is 6.38. The van der Waals surface area contributed by atoms with Crippen molar-refractivity contribution in [3.05, 3.63) is 44.8 Å².